The van der Waals surface area contributed by atoms with Crippen LogP contribution in [0.25, 0.3) is 0 Å². The van der Waals surface area contributed by atoms with Crippen LogP contribution < -0.4 is 15.0 Å². The molecule has 3 rings (SSSR count). The molecule has 1 N–H and O–H groups in total. The number of nitrogens with one attached hydrogen (secondary N) is 1. The van der Waals surface area contributed by atoms with Crippen molar-refractivity contribution in [3.63, 3.8) is 0 Å². The standard InChI is InChI=1S/C22H34N6O2/c1-17-19(18(2)28(25-17)14-15-29-4)16-24-22(23-3)27-12-10-26(11-13-27)20-8-6-7-9-21(20)30-5/h6-9H,10-16H2,1-5H3,(H,23,24). The number of piperazine rings is 1. The Balaban J connectivity index is 1.59. The fourth-order valence-electron chi connectivity index (χ4n) is 3.94. The van der Waals surface area contributed by atoms with Gasteiger partial charge in [-0.1, -0.05) is 12.1 Å². The van der Waals surface area contributed by atoms with E-state index in [9.17, 15) is 0 Å². The maximum Gasteiger partial charge on any atom is 0.194 e. The number of ether oxygens (including phenoxy) is 2. The third kappa shape index (κ3) is 4.87. The summed E-state index contributed by atoms with van der Waals surface area (Å²) in [6.45, 7) is 9.97. The monoisotopic (exact) mass is 414 g/mol. The van der Waals surface area contributed by atoms with E-state index in [0.29, 0.717) is 13.2 Å². The molecule has 30 heavy (non-hydrogen) atoms. The Labute approximate surface area is 179 Å². The maximum atomic E-state index is 5.52. The highest BCUT2D eigenvalue weighted by Crippen LogP contribution is 2.28. The SMILES string of the molecule is CN=C(NCc1c(C)nn(CCOC)c1C)N1CCN(c2ccccc2OC)CC1. The van der Waals surface area contributed by atoms with Crippen molar-refractivity contribution >= 4 is 11.6 Å². The van der Waals surface area contributed by atoms with Crippen LogP contribution in [0.1, 0.15) is 17.0 Å². The van der Waals surface area contributed by atoms with Gasteiger partial charge in [-0.25, -0.2) is 0 Å². The van der Waals surface area contributed by atoms with E-state index in [1.54, 1.807) is 14.2 Å². The van der Waals surface area contributed by atoms with Gasteiger partial charge in [0.05, 0.1) is 31.6 Å². The Morgan fingerprint density at radius 1 is 1.13 bits per heavy atom. The van der Waals surface area contributed by atoms with Crippen molar-refractivity contribution in [1.29, 1.82) is 0 Å². The molecule has 0 aliphatic carbocycles. The molecule has 1 aliphatic heterocycles. The van der Waals surface area contributed by atoms with E-state index >= 15 is 0 Å². The van der Waals surface area contributed by atoms with Crippen molar-refractivity contribution in [2.24, 2.45) is 4.99 Å². The Kier molecular flexibility index (Phi) is 7.57. The summed E-state index contributed by atoms with van der Waals surface area (Å²) in [4.78, 5) is 9.20. The van der Waals surface area contributed by atoms with Gasteiger partial charge in [0.15, 0.2) is 5.96 Å². The Hall–Kier alpha value is -2.74. The van der Waals surface area contributed by atoms with E-state index < -0.39 is 0 Å². The molecule has 0 bridgehead atoms. The average Bonchev–Trinajstić information content (AvgIpc) is 3.05. The predicted octanol–water partition coefficient (Wildman–Crippen LogP) is 2.05. The Morgan fingerprint density at radius 3 is 2.53 bits per heavy atom. The van der Waals surface area contributed by atoms with Crippen molar-refractivity contribution in [3.8, 4) is 5.75 Å². The van der Waals surface area contributed by atoms with Crippen LogP contribution >= 0.6 is 0 Å². The van der Waals surface area contributed by atoms with Crippen LogP contribution in [-0.4, -0.2) is 74.7 Å². The molecule has 0 spiro atoms. The summed E-state index contributed by atoms with van der Waals surface area (Å²) in [5.41, 5.74) is 4.60. The summed E-state index contributed by atoms with van der Waals surface area (Å²) in [5.74, 6) is 1.85. The highest BCUT2D eigenvalue weighted by Gasteiger charge is 2.22. The zero-order valence-corrected chi connectivity index (χ0v) is 18.8. The molecular formula is C22H34N6O2. The number of nitrogens with zero attached hydrogens (tertiary/aromatic N) is 5. The first kappa shape index (κ1) is 22.0. The van der Waals surface area contributed by atoms with Crippen LogP contribution in [0.5, 0.6) is 5.75 Å². The van der Waals surface area contributed by atoms with Gasteiger partial charge < -0.3 is 24.6 Å². The van der Waals surface area contributed by atoms with Crippen LogP contribution in [0.2, 0.25) is 0 Å². The molecule has 1 aromatic heterocycles. The summed E-state index contributed by atoms with van der Waals surface area (Å²) in [6.07, 6.45) is 0. The topological polar surface area (TPSA) is 67.2 Å². The van der Waals surface area contributed by atoms with E-state index in [0.717, 1.165) is 55.8 Å². The molecule has 2 aromatic rings. The number of aryl methyl sites for hydroxylation is 1. The first-order valence-corrected chi connectivity index (χ1v) is 10.4. The summed E-state index contributed by atoms with van der Waals surface area (Å²) in [6, 6.07) is 8.20. The second-order valence-electron chi connectivity index (χ2n) is 7.41. The minimum absolute atomic E-state index is 0.660. The molecule has 0 amide bonds. The Morgan fingerprint density at radius 2 is 1.87 bits per heavy atom. The lowest BCUT2D eigenvalue weighted by atomic mass is 10.2. The number of anilines is 1. The lowest BCUT2D eigenvalue weighted by molar-refractivity contribution is 0.182. The number of rotatable bonds is 7. The van der Waals surface area contributed by atoms with Crippen molar-refractivity contribution in [2.45, 2.75) is 26.9 Å². The second kappa shape index (κ2) is 10.3. The summed E-state index contributed by atoms with van der Waals surface area (Å²) in [7, 11) is 5.28. The van der Waals surface area contributed by atoms with Crippen molar-refractivity contribution < 1.29 is 9.47 Å². The average molecular weight is 415 g/mol. The molecule has 1 saturated heterocycles. The molecule has 8 nitrogen and oxygen atoms in total. The number of methoxy groups -OCH3 is 2. The van der Waals surface area contributed by atoms with E-state index in [4.69, 9.17) is 9.47 Å². The molecule has 0 unspecified atom stereocenters. The smallest absolute Gasteiger partial charge is 0.194 e. The van der Waals surface area contributed by atoms with Crippen molar-refractivity contribution in [3.05, 3.63) is 41.2 Å². The molecule has 1 fully saturated rings. The zero-order chi connectivity index (χ0) is 21.5. The van der Waals surface area contributed by atoms with Gasteiger partial charge in [0, 0.05) is 58.1 Å². The van der Waals surface area contributed by atoms with E-state index in [-0.39, 0.29) is 0 Å². The fourth-order valence-corrected chi connectivity index (χ4v) is 3.94. The minimum atomic E-state index is 0.660. The number of para-hydroxylation sites is 2. The lowest BCUT2D eigenvalue weighted by Gasteiger charge is -2.38. The van der Waals surface area contributed by atoms with Gasteiger partial charge in [0.2, 0.25) is 0 Å². The van der Waals surface area contributed by atoms with Crippen LogP contribution in [0.3, 0.4) is 0 Å². The second-order valence-corrected chi connectivity index (χ2v) is 7.41. The number of aliphatic imine (C=N–C) groups is 1. The zero-order valence-electron chi connectivity index (χ0n) is 18.8. The number of aromatic nitrogens is 2. The normalized spacial score (nSPS) is 14.9. The molecule has 8 heteroatoms. The lowest BCUT2D eigenvalue weighted by Crippen LogP contribution is -2.52. The molecule has 0 saturated carbocycles. The number of benzene rings is 1. The maximum absolute atomic E-state index is 5.52. The van der Waals surface area contributed by atoms with Gasteiger partial charge in [-0.05, 0) is 26.0 Å². The van der Waals surface area contributed by atoms with Crippen LogP contribution in [0.15, 0.2) is 29.3 Å². The van der Waals surface area contributed by atoms with Crippen LogP contribution in [-0.2, 0) is 17.8 Å². The number of guanidine groups is 1. The molecule has 164 valence electrons. The van der Waals surface area contributed by atoms with Crippen molar-refractivity contribution in [1.82, 2.24) is 20.0 Å². The van der Waals surface area contributed by atoms with Gasteiger partial charge in [-0.2, -0.15) is 5.10 Å². The first-order valence-electron chi connectivity index (χ1n) is 10.4. The van der Waals surface area contributed by atoms with E-state index in [1.165, 1.54) is 11.3 Å². The molecule has 0 atom stereocenters. The minimum Gasteiger partial charge on any atom is -0.495 e. The van der Waals surface area contributed by atoms with Gasteiger partial charge in [-0.15, -0.1) is 0 Å². The molecular weight excluding hydrogens is 380 g/mol. The van der Waals surface area contributed by atoms with Crippen molar-refractivity contribution in [2.75, 3.05) is 59.0 Å². The summed E-state index contributed by atoms with van der Waals surface area (Å²) >= 11 is 0. The van der Waals surface area contributed by atoms with E-state index in [2.05, 4.69) is 51.2 Å². The van der Waals surface area contributed by atoms with Gasteiger partial charge in [-0.3, -0.25) is 9.67 Å². The predicted molar refractivity (Wildman–Crippen MR) is 121 cm³/mol. The Bertz CT molecular complexity index is 855. The van der Waals surface area contributed by atoms with Crippen LogP contribution in [0.4, 0.5) is 5.69 Å². The van der Waals surface area contributed by atoms with Gasteiger partial charge in [0.1, 0.15) is 5.75 Å². The quantitative estimate of drug-likeness (QED) is 0.553. The fraction of sp³-hybridized carbons (Fsp3) is 0.545. The third-order valence-electron chi connectivity index (χ3n) is 5.68. The summed E-state index contributed by atoms with van der Waals surface area (Å²) < 4.78 is 12.7. The third-order valence-corrected chi connectivity index (χ3v) is 5.68. The molecule has 2 heterocycles. The molecule has 1 aliphatic rings. The van der Waals surface area contributed by atoms with Gasteiger partial charge in [0.25, 0.3) is 0 Å². The van der Waals surface area contributed by atoms with Gasteiger partial charge >= 0.3 is 0 Å². The van der Waals surface area contributed by atoms with Crippen LogP contribution in [0, 0.1) is 13.8 Å². The highest BCUT2D eigenvalue weighted by molar-refractivity contribution is 5.80. The number of hydrogen-bond donors (Lipinski definition) is 1. The number of hydrogen-bond acceptors (Lipinski definition) is 5. The molecule has 0 radical (unpaired) electrons. The first-order chi connectivity index (χ1) is 14.6. The van der Waals surface area contributed by atoms with E-state index in [1.807, 2.05) is 23.9 Å². The highest BCUT2D eigenvalue weighted by atomic mass is 16.5. The molecule has 1 aromatic carbocycles. The summed E-state index contributed by atoms with van der Waals surface area (Å²) in [5, 5.41) is 8.18. The largest absolute Gasteiger partial charge is 0.495 e.